The lowest BCUT2D eigenvalue weighted by atomic mass is 9.93. The van der Waals surface area contributed by atoms with E-state index in [-0.39, 0.29) is 12.3 Å². The van der Waals surface area contributed by atoms with Crippen LogP contribution in [0.25, 0.3) is 5.57 Å². The Morgan fingerprint density at radius 2 is 1.74 bits per heavy atom. The molecule has 0 saturated carbocycles. The zero-order chi connectivity index (χ0) is 18.8. The molecule has 1 aliphatic rings. The lowest BCUT2D eigenvalue weighted by Crippen LogP contribution is -2.30. The molecular weight excluding hydrogens is 343 g/mol. The topological polar surface area (TPSA) is 53.4 Å². The van der Waals surface area contributed by atoms with Gasteiger partial charge in [0.2, 0.25) is 0 Å². The highest BCUT2D eigenvalue weighted by Gasteiger charge is 2.41. The van der Waals surface area contributed by atoms with Crippen LogP contribution in [0.2, 0.25) is 0 Å². The van der Waals surface area contributed by atoms with Crippen molar-refractivity contribution in [3.63, 3.8) is 0 Å². The Hall–Kier alpha value is -3.47. The number of hydrogen-bond donors (Lipinski definition) is 1. The summed E-state index contributed by atoms with van der Waals surface area (Å²) in [5.41, 5.74) is 2.24. The number of hydrogen-bond acceptors (Lipinski definition) is 3. The Labute approximate surface area is 156 Å². The maximum Gasteiger partial charge on any atom is 0.290 e. The summed E-state index contributed by atoms with van der Waals surface area (Å²) in [6.45, 7) is 0.214. The molecule has 1 unspecified atom stereocenters. The van der Waals surface area contributed by atoms with E-state index < -0.39 is 17.8 Å². The monoisotopic (exact) mass is 360 g/mol. The van der Waals surface area contributed by atoms with Crippen LogP contribution in [0.15, 0.2) is 84.9 Å². The van der Waals surface area contributed by atoms with E-state index in [1.165, 1.54) is 11.0 Å². The van der Waals surface area contributed by atoms with Gasteiger partial charge in [-0.15, -0.1) is 0 Å². The second-order valence-corrected chi connectivity index (χ2v) is 6.35. The van der Waals surface area contributed by atoms with Crippen molar-refractivity contribution < 1.29 is 14.3 Å². The minimum absolute atomic E-state index is 0.214. The number of carbonyl (C=O) groups is 1. The summed E-state index contributed by atoms with van der Waals surface area (Å²) in [5, 5.41) is 10.6. The number of rotatable bonds is 4. The number of aliphatic hydroxyl groups is 1. The molecule has 0 fully saturated rings. The van der Waals surface area contributed by atoms with E-state index in [9.17, 15) is 14.3 Å². The summed E-state index contributed by atoms with van der Waals surface area (Å²) >= 11 is 0. The Balaban J connectivity index is 1.85. The first-order valence-corrected chi connectivity index (χ1v) is 8.59. The first-order valence-electron chi connectivity index (χ1n) is 8.59. The van der Waals surface area contributed by atoms with Crippen molar-refractivity contribution in [2.24, 2.45) is 0 Å². The van der Waals surface area contributed by atoms with Crippen molar-refractivity contribution in [3.05, 3.63) is 107 Å². The predicted molar refractivity (Wildman–Crippen MR) is 99.9 cm³/mol. The molecule has 3 aromatic rings. The summed E-state index contributed by atoms with van der Waals surface area (Å²) in [6, 6.07) is 18.3. The van der Waals surface area contributed by atoms with Gasteiger partial charge in [-0.05, 0) is 23.3 Å². The molecule has 27 heavy (non-hydrogen) atoms. The molecule has 1 N–H and O–H groups in total. The van der Waals surface area contributed by atoms with E-state index >= 15 is 0 Å². The Morgan fingerprint density at radius 3 is 2.44 bits per heavy atom. The number of aromatic nitrogens is 1. The van der Waals surface area contributed by atoms with Crippen LogP contribution in [-0.4, -0.2) is 20.9 Å². The maximum atomic E-state index is 14.6. The molecule has 2 aromatic carbocycles. The standard InChI is InChI=1S/C22H17FN2O2/c23-18-11-5-4-10-17(18)20-19(16-8-2-1-3-9-16)21(26)22(27)25(20)14-15-7-6-12-24-13-15/h1-13,20,26H,14H2. The molecule has 5 heteroatoms. The summed E-state index contributed by atoms with van der Waals surface area (Å²) in [5.74, 6) is -1.29. The summed E-state index contributed by atoms with van der Waals surface area (Å²) in [6.07, 6.45) is 3.30. The largest absolute Gasteiger partial charge is 0.503 e. The lowest BCUT2D eigenvalue weighted by Gasteiger charge is -2.27. The van der Waals surface area contributed by atoms with Crippen LogP contribution in [0, 0.1) is 5.82 Å². The van der Waals surface area contributed by atoms with Crippen molar-refractivity contribution in [3.8, 4) is 0 Å². The fourth-order valence-electron chi connectivity index (χ4n) is 3.44. The van der Waals surface area contributed by atoms with Crippen LogP contribution < -0.4 is 0 Å². The SMILES string of the molecule is O=C1C(O)=C(c2ccccc2)C(c2ccccc2F)N1Cc1cccnc1. The highest BCUT2D eigenvalue weighted by Crippen LogP contribution is 2.44. The minimum Gasteiger partial charge on any atom is -0.503 e. The molecular formula is C22H17FN2O2. The lowest BCUT2D eigenvalue weighted by molar-refractivity contribution is -0.130. The number of amides is 1. The summed E-state index contributed by atoms with van der Waals surface area (Å²) < 4.78 is 14.6. The molecule has 0 aliphatic carbocycles. The van der Waals surface area contributed by atoms with Crippen LogP contribution >= 0.6 is 0 Å². The van der Waals surface area contributed by atoms with Gasteiger partial charge in [-0.3, -0.25) is 9.78 Å². The normalized spacial score (nSPS) is 16.9. The van der Waals surface area contributed by atoms with E-state index in [4.69, 9.17) is 0 Å². The minimum atomic E-state index is -0.721. The number of pyridine rings is 1. The van der Waals surface area contributed by atoms with Gasteiger partial charge in [0.15, 0.2) is 5.76 Å². The summed E-state index contributed by atoms with van der Waals surface area (Å²) in [7, 11) is 0. The van der Waals surface area contributed by atoms with Gasteiger partial charge in [0, 0.05) is 30.1 Å². The van der Waals surface area contributed by atoms with Crippen LogP contribution in [0.1, 0.15) is 22.7 Å². The average molecular weight is 360 g/mol. The van der Waals surface area contributed by atoms with E-state index in [0.717, 1.165) is 5.56 Å². The Bertz CT molecular complexity index is 1000. The van der Waals surface area contributed by atoms with Crippen molar-refractivity contribution in [1.82, 2.24) is 9.88 Å². The van der Waals surface area contributed by atoms with E-state index in [0.29, 0.717) is 16.7 Å². The van der Waals surface area contributed by atoms with Crippen molar-refractivity contribution in [2.45, 2.75) is 12.6 Å². The second kappa shape index (κ2) is 7.03. The molecule has 4 rings (SSSR count). The molecule has 1 atom stereocenters. The smallest absolute Gasteiger partial charge is 0.290 e. The number of halogens is 1. The quantitative estimate of drug-likeness (QED) is 0.756. The van der Waals surface area contributed by atoms with Crippen LogP contribution in [0.4, 0.5) is 4.39 Å². The molecule has 1 aliphatic heterocycles. The van der Waals surface area contributed by atoms with Gasteiger partial charge in [-0.1, -0.05) is 54.6 Å². The molecule has 134 valence electrons. The molecule has 1 aromatic heterocycles. The highest BCUT2D eigenvalue weighted by atomic mass is 19.1. The Morgan fingerprint density at radius 1 is 1.00 bits per heavy atom. The fraction of sp³-hybridized carbons (Fsp3) is 0.0909. The third-order valence-electron chi connectivity index (χ3n) is 4.66. The van der Waals surface area contributed by atoms with Crippen LogP contribution in [0.5, 0.6) is 0 Å². The van der Waals surface area contributed by atoms with Gasteiger partial charge in [-0.2, -0.15) is 0 Å². The van der Waals surface area contributed by atoms with Crippen LogP contribution in [-0.2, 0) is 11.3 Å². The number of benzene rings is 2. The Kier molecular flexibility index (Phi) is 4.42. The van der Waals surface area contributed by atoms with E-state index in [1.807, 2.05) is 24.3 Å². The molecule has 0 spiro atoms. The fourth-order valence-corrected chi connectivity index (χ4v) is 3.44. The third-order valence-corrected chi connectivity index (χ3v) is 4.66. The molecule has 0 bridgehead atoms. The van der Waals surface area contributed by atoms with Gasteiger partial charge in [0.25, 0.3) is 5.91 Å². The maximum absolute atomic E-state index is 14.6. The molecule has 2 heterocycles. The molecule has 1 amide bonds. The highest BCUT2D eigenvalue weighted by molar-refractivity contribution is 6.05. The van der Waals surface area contributed by atoms with E-state index in [2.05, 4.69) is 4.98 Å². The first kappa shape index (κ1) is 17.0. The third kappa shape index (κ3) is 3.08. The van der Waals surface area contributed by atoms with Crippen molar-refractivity contribution in [2.75, 3.05) is 0 Å². The predicted octanol–water partition coefficient (Wildman–Crippen LogP) is 4.27. The molecule has 4 nitrogen and oxygen atoms in total. The van der Waals surface area contributed by atoms with Crippen molar-refractivity contribution in [1.29, 1.82) is 0 Å². The second-order valence-electron chi connectivity index (χ2n) is 6.35. The van der Waals surface area contributed by atoms with Gasteiger partial charge in [-0.25, -0.2) is 4.39 Å². The molecule has 0 radical (unpaired) electrons. The number of carbonyl (C=O) groups excluding carboxylic acids is 1. The average Bonchev–Trinajstić information content (AvgIpc) is 2.95. The molecule has 0 saturated heterocycles. The van der Waals surface area contributed by atoms with Gasteiger partial charge in [0.1, 0.15) is 5.82 Å². The number of aliphatic hydroxyl groups excluding tert-OH is 1. The van der Waals surface area contributed by atoms with Crippen LogP contribution in [0.3, 0.4) is 0 Å². The van der Waals surface area contributed by atoms with E-state index in [1.54, 1.807) is 48.8 Å². The zero-order valence-corrected chi connectivity index (χ0v) is 14.4. The van der Waals surface area contributed by atoms with Gasteiger partial charge >= 0.3 is 0 Å². The van der Waals surface area contributed by atoms with Crippen molar-refractivity contribution >= 4 is 11.5 Å². The van der Waals surface area contributed by atoms with Gasteiger partial charge < -0.3 is 10.0 Å². The first-order chi connectivity index (χ1) is 13.2. The zero-order valence-electron chi connectivity index (χ0n) is 14.4. The summed E-state index contributed by atoms with van der Waals surface area (Å²) in [4.78, 5) is 18.4. The number of nitrogens with zero attached hydrogens (tertiary/aromatic N) is 2. The van der Waals surface area contributed by atoms with Gasteiger partial charge in [0.05, 0.1) is 6.04 Å².